The molecule has 2 heteroatoms. The molecule has 1 aliphatic carbocycles. The van der Waals surface area contributed by atoms with Crippen LogP contribution in [0.1, 0.15) is 22.3 Å². The summed E-state index contributed by atoms with van der Waals surface area (Å²) in [6, 6.07) is 81.1. The van der Waals surface area contributed by atoms with Gasteiger partial charge in [0.05, 0.1) is 5.41 Å². The van der Waals surface area contributed by atoms with Gasteiger partial charge in [0.2, 0.25) is 0 Å². The van der Waals surface area contributed by atoms with Gasteiger partial charge in [-0.2, -0.15) is 0 Å². The smallest absolute Gasteiger partial charge is 0.136 e. The lowest BCUT2D eigenvalue weighted by atomic mass is 9.67. The molecular formula is C55H37NO. The van der Waals surface area contributed by atoms with Crippen molar-refractivity contribution in [2.45, 2.75) is 5.41 Å². The van der Waals surface area contributed by atoms with Crippen LogP contribution in [0.4, 0.5) is 17.1 Å². The summed E-state index contributed by atoms with van der Waals surface area (Å²) in [5.41, 5.74) is 16.5. The molecule has 9 aromatic carbocycles. The van der Waals surface area contributed by atoms with Crippen molar-refractivity contribution >= 4 is 39.0 Å². The first-order valence-electron chi connectivity index (χ1n) is 19.6. The molecule has 1 heterocycles. The van der Waals surface area contributed by atoms with Gasteiger partial charge in [-0.3, -0.25) is 0 Å². The van der Waals surface area contributed by atoms with Crippen LogP contribution in [0.25, 0.3) is 55.3 Å². The molecular weight excluding hydrogens is 691 g/mol. The number of hydrogen-bond acceptors (Lipinski definition) is 2. The average Bonchev–Trinajstić information content (AvgIpc) is 3.81. The van der Waals surface area contributed by atoms with Crippen molar-refractivity contribution in [3.8, 4) is 33.4 Å². The zero-order valence-corrected chi connectivity index (χ0v) is 31.2. The number of rotatable bonds is 7. The van der Waals surface area contributed by atoms with Crippen LogP contribution in [0.15, 0.2) is 229 Å². The molecule has 0 unspecified atom stereocenters. The van der Waals surface area contributed by atoms with E-state index in [9.17, 15) is 0 Å². The maximum Gasteiger partial charge on any atom is 0.136 e. The Morgan fingerprint density at radius 2 is 0.860 bits per heavy atom. The monoisotopic (exact) mass is 727 g/mol. The SMILES string of the molecule is c1ccc(-c2ccc(N(c3ccccc3)c3ccc4c(c3)-c3c(cc5oc6ccccc6c5c3-c3ccccc3)C4(c3ccccc3)c3ccccc3)cc2)cc1. The lowest BCUT2D eigenvalue weighted by molar-refractivity contribution is 0.666. The first kappa shape index (κ1) is 33.0. The van der Waals surface area contributed by atoms with Crippen molar-refractivity contribution < 1.29 is 4.42 Å². The number of furan rings is 1. The van der Waals surface area contributed by atoms with Crippen LogP contribution in [0.3, 0.4) is 0 Å². The van der Waals surface area contributed by atoms with Crippen molar-refractivity contribution in [2.75, 3.05) is 4.90 Å². The molecule has 0 N–H and O–H groups in total. The van der Waals surface area contributed by atoms with Crippen LogP contribution < -0.4 is 4.90 Å². The van der Waals surface area contributed by atoms with Gasteiger partial charge in [0.15, 0.2) is 0 Å². The predicted molar refractivity (Wildman–Crippen MR) is 237 cm³/mol. The molecule has 10 aromatic rings. The van der Waals surface area contributed by atoms with Crippen LogP contribution in [-0.2, 0) is 5.41 Å². The molecule has 2 nitrogen and oxygen atoms in total. The highest BCUT2D eigenvalue weighted by molar-refractivity contribution is 6.18. The minimum atomic E-state index is -0.614. The molecule has 0 saturated heterocycles. The third-order valence-electron chi connectivity index (χ3n) is 11.7. The normalized spacial score (nSPS) is 12.7. The lowest BCUT2D eigenvalue weighted by Crippen LogP contribution is -2.28. The van der Waals surface area contributed by atoms with Crippen LogP contribution in [0.5, 0.6) is 0 Å². The van der Waals surface area contributed by atoms with Gasteiger partial charge >= 0.3 is 0 Å². The minimum absolute atomic E-state index is 0.614. The number of fused-ring (bicyclic) bond motifs is 6. The highest BCUT2D eigenvalue weighted by atomic mass is 16.3. The number of hydrogen-bond donors (Lipinski definition) is 0. The van der Waals surface area contributed by atoms with E-state index in [1.54, 1.807) is 0 Å². The summed E-state index contributed by atoms with van der Waals surface area (Å²) in [6.45, 7) is 0. The molecule has 0 amide bonds. The fourth-order valence-electron chi connectivity index (χ4n) is 9.33. The van der Waals surface area contributed by atoms with Crippen molar-refractivity contribution in [1.82, 2.24) is 0 Å². The first-order valence-corrected chi connectivity index (χ1v) is 19.6. The Morgan fingerprint density at radius 1 is 0.351 bits per heavy atom. The molecule has 1 aliphatic rings. The number of para-hydroxylation sites is 2. The Kier molecular flexibility index (Phi) is 7.75. The summed E-state index contributed by atoms with van der Waals surface area (Å²) in [5.74, 6) is 0. The van der Waals surface area contributed by atoms with E-state index in [4.69, 9.17) is 4.42 Å². The van der Waals surface area contributed by atoms with E-state index in [1.165, 1.54) is 50.1 Å². The molecule has 0 saturated carbocycles. The highest BCUT2D eigenvalue weighted by Crippen LogP contribution is 2.61. The van der Waals surface area contributed by atoms with Crippen molar-refractivity contribution in [2.24, 2.45) is 0 Å². The topological polar surface area (TPSA) is 16.4 Å². The third kappa shape index (κ3) is 5.18. The standard InChI is InChI=1S/C55H37NO/c1-6-18-38(19-7-1)39-30-32-44(33-31-39)56(43-26-14-5-15-27-43)45-34-35-48-47(36-45)53-49(55(48,41-22-10-3-11-23-41)42-24-12-4-13-25-42)37-51-54(46-28-16-17-29-50(46)57-51)52(53)40-20-8-2-9-21-40/h1-37H. The average molecular weight is 728 g/mol. The third-order valence-corrected chi connectivity index (χ3v) is 11.7. The molecule has 0 fully saturated rings. The summed E-state index contributed by atoms with van der Waals surface area (Å²) in [5, 5.41) is 2.26. The summed E-state index contributed by atoms with van der Waals surface area (Å²) in [4.78, 5) is 2.38. The summed E-state index contributed by atoms with van der Waals surface area (Å²) in [7, 11) is 0. The van der Waals surface area contributed by atoms with E-state index in [-0.39, 0.29) is 0 Å². The molecule has 0 spiro atoms. The second-order valence-electron chi connectivity index (χ2n) is 14.8. The maximum absolute atomic E-state index is 6.81. The number of nitrogens with zero attached hydrogens (tertiary/aromatic N) is 1. The lowest BCUT2D eigenvalue weighted by Gasteiger charge is -2.34. The number of benzene rings is 9. The van der Waals surface area contributed by atoms with Crippen LogP contribution in [0, 0.1) is 0 Å². The Morgan fingerprint density at radius 3 is 1.51 bits per heavy atom. The predicted octanol–water partition coefficient (Wildman–Crippen LogP) is 14.8. The quantitative estimate of drug-likeness (QED) is 0.163. The van der Waals surface area contributed by atoms with Gasteiger partial charge in [-0.05, 0) is 98.6 Å². The van der Waals surface area contributed by atoms with E-state index in [2.05, 4.69) is 229 Å². The van der Waals surface area contributed by atoms with Gasteiger partial charge in [-0.25, -0.2) is 0 Å². The Hall–Kier alpha value is -7.42. The molecule has 0 bridgehead atoms. The Labute approximate surface area is 332 Å². The summed E-state index contributed by atoms with van der Waals surface area (Å²) in [6.07, 6.45) is 0. The zero-order chi connectivity index (χ0) is 37.8. The fourth-order valence-corrected chi connectivity index (χ4v) is 9.33. The van der Waals surface area contributed by atoms with E-state index < -0.39 is 5.41 Å². The van der Waals surface area contributed by atoms with E-state index in [0.717, 1.165) is 44.6 Å². The van der Waals surface area contributed by atoms with Gasteiger partial charge in [-0.15, -0.1) is 0 Å². The second kappa shape index (κ2) is 13.4. The molecule has 0 atom stereocenters. The van der Waals surface area contributed by atoms with E-state index in [1.807, 2.05) is 0 Å². The highest BCUT2D eigenvalue weighted by Gasteiger charge is 2.48. The Balaban J connectivity index is 1.25. The zero-order valence-electron chi connectivity index (χ0n) is 31.2. The largest absolute Gasteiger partial charge is 0.456 e. The maximum atomic E-state index is 6.81. The van der Waals surface area contributed by atoms with Crippen molar-refractivity contribution in [1.29, 1.82) is 0 Å². The van der Waals surface area contributed by atoms with Crippen molar-refractivity contribution in [3.05, 3.63) is 247 Å². The van der Waals surface area contributed by atoms with Gasteiger partial charge < -0.3 is 9.32 Å². The van der Waals surface area contributed by atoms with E-state index in [0.29, 0.717) is 0 Å². The van der Waals surface area contributed by atoms with Gasteiger partial charge in [0.25, 0.3) is 0 Å². The Bertz CT molecular complexity index is 2990. The molecule has 0 aliphatic heterocycles. The minimum Gasteiger partial charge on any atom is -0.456 e. The molecule has 268 valence electrons. The van der Waals surface area contributed by atoms with Crippen LogP contribution in [0.2, 0.25) is 0 Å². The van der Waals surface area contributed by atoms with Crippen LogP contribution in [-0.4, -0.2) is 0 Å². The molecule has 57 heavy (non-hydrogen) atoms. The van der Waals surface area contributed by atoms with Gasteiger partial charge in [0, 0.05) is 33.4 Å². The van der Waals surface area contributed by atoms with Crippen molar-refractivity contribution in [3.63, 3.8) is 0 Å². The molecule has 1 aromatic heterocycles. The molecule has 0 radical (unpaired) electrons. The second-order valence-corrected chi connectivity index (χ2v) is 14.8. The summed E-state index contributed by atoms with van der Waals surface area (Å²) >= 11 is 0. The fraction of sp³-hybridized carbons (Fsp3) is 0.0182. The van der Waals surface area contributed by atoms with Gasteiger partial charge in [0.1, 0.15) is 11.2 Å². The van der Waals surface area contributed by atoms with E-state index >= 15 is 0 Å². The number of anilines is 3. The molecule has 11 rings (SSSR count). The summed E-state index contributed by atoms with van der Waals surface area (Å²) < 4.78 is 6.81. The van der Waals surface area contributed by atoms with Gasteiger partial charge in [-0.1, -0.05) is 176 Å². The first-order chi connectivity index (χ1) is 28.3. The van der Waals surface area contributed by atoms with Crippen LogP contribution >= 0.6 is 0 Å².